The third-order valence-corrected chi connectivity index (χ3v) is 5.18. The lowest BCUT2D eigenvalue weighted by molar-refractivity contribution is -0.119. The van der Waals surface area contributed by atoms with Gasteiger partial charge in [-0.3, -0.25) is 9.69 Å². The van der Waals surface area contributed by atoms with Crippen molar-refractivity contribution >= 4 is 27.4 Å². The zero-order valence-electron chi connectivity index (χ0n) is 14.0. The molecule has 1 aromatic rings. The van der Waals surface area contributed by atoms with Crippen LogP contribution in [0.2, 0.25) is 0 Å². The maximum atomic E-state index is 11.3. The molecule has 0 fully saturated rings. The van der Waals surface area contributed by atoms with Gasteiger partial charge in [0.1, 0.15) is 6.10 Å². The van der Waals surface area contributed by atoms with Gasteiger partial charge < -0.3 is 20.3 Å². The molecule has 2 aliphatic rings. The molecule has 0 aromatic heterocycles. The molecule has 1 amide bonds. The van der Waals surface area contributed by atoms with Gasteiger partial charge in [0, 0.05) is 35.1 Å². The Labute approximate surface area is 155 Å². The molecular formula is C18H21BrN2O4. The van der Waals surface area contributed by atoms with E-state index in [4.69, 9.17) is 15.2 Å². The number of primary amides is 1. The number of ether oxygens (including phenoxy) is 2. The third kappa shape index (κ3) is 3.44. The minimum absolute atomic E-state index is 0.178. The molecule has 134 valence electrons. The van der Waals surface area contributed by atoms with E-state index in [1.807, 2.05) is 17.0 Å². The van der Waals surface area contributed by atoms with E-state index in [9.17, 15) is 9.90 Å². The number of aliphatic hydroxyl groups excluding tert-OH is 1. The summed E-state index contributed by atoms with van der Waals surface area (Å²) in [6, 6.07) is 1.87. The van der Waals surface area contributed by atoms with Gasteiger partial charge in [0.2, 0.25) is 5.91 Å². The first-order chi connectivity index (χ1) is 11.9. The van der Waals surface area contributed by atoms with Crippen LogP contribution in [0, 0.1) is 0 Å². The molecule has 0 bridgehead atoms. The Morgan fingerprint density at radius 3 is 3.08 bits per heavy atom. The number of carbonyl (C=O) groups excluding carboxylic acids is 1. The number of nitrogens with two attached hydrogens (primary N) is 1. The molecule has 0 saturated carbocycles. The van der Waals surface area contributed by atoms with Crippen LogP contribution in [0.25, 0.3) is 5.57 Å². The van der Waals surface area contributed by atoms with E-state index in [1.54, 1.807) is 7.11 Å². The van der Waals surface area contributed by atoms with E-state index >= 15 is 0 Å². The van der Waals surface area contributed by atoms with E-state index in [0.29, 0.717) is 31.0 Å². The molecule has 2 aliphatic heterocycles. The Morgan fingerprint density at radius 2 is 2.44 bits per heavy atom. The van der Waals surface area contributed by atoms with Crippen LogP contribution >= 0.6 is 15.9 Å². The molecule has 3 N–H and O–H groups in total. The summed E-state index contributed by atoms with van der Waals surface area (Å²) in [4.78, 5) is 13.3. The SMILES string of the molecule is C=C[C@H](O)CC1Oc2c(OC)cc(Br)c3c2C1=CCN(CC(N)=O)C3. The third-order valence-electron chi connectivity index (χ3n) is 4.47. The second-order valence-corrected chi connectivity index (χ2v) is 7.04. The monoisotopic (exact) mass is 408 g/mol. The molecule has 0 spiro atoms. The summed E-state index contributed by atoms with van der Waals surface area (Å²) in [5.74, 6) is 0.944. The first-order valence-corrected chi connectivity index (χ1v) is 8.81. The Morgan fingerprint density at radius 1 is 1.68 bits per heavy atom. The predicted molar refractivity (Wildman–Crippen MR) is 98.4 cm³/mol. The first kappa shape index (κ1) is 18.0. The summed E-state index contributed by atoms with van der Waals surface area (Å²) >= 11 is 3.60. The van der Waals surface area contributed by atoms with Gasteiger partial charge >= 0.3 is 0 Å². The normalized spacial score (nSPS) is 20.1. The maximum Gasteiger partial charge on any atom is 0.231 e. The van der Waals surface area contributed by atoms with Crippen molar-refractivity contribution in [2.45, 2.75) is 25.2 Å². The van der Waals surface area contributed by atoms with Crippen molar-refractivity contribution in [2.75, 3.05) is 20.2 Å². The molecule has 0 aliphatic carbocycles. The molecule has 0 saturated heterocycles. The molecule has 2 atom stereocenters. The van der Waals surface area contributed by atoms with Gasteiger partial charge in [-0.05, 0) is 11.6 Å². The number of aliphatic hydroxyl groups is 1. The van der Waals surface area contributed by atoms with Crippen LogP contribution in [-0.2, 0) is 11.3 Å². The van der Waals surface area contributed by atoms with Crippen LogP contribution in [0.3, 0.4) is 0 Å². The number of amides is 1. The fourth-order valence-corrected chi connectivity index (χ4v) is 3.85. The average molecular weight is 409 g/mol. The largest absolute Gasteiger partial charge is 0.493 e. The molecule has 6 nitrogen and oxygen atoms in total. The smallest absolute Gasteiger partial charge is 0.231 e. The fourth-order valence-electron chi connectivity index (χ4n) is 3.32. The van der Waals surface area contributed by atoms with Gasteiger partial charge in [-0.1, -0.05) is 28.1 Å². The highest BCUT2D eigenvalue weighted by Gasteiger charge is 2.37. The van der Waals surface area contributed by atoms with Crippen LogP contribution in [0.5, 0.6) is 11.5 Å². The number of methoxy groups -OCH3 is 1. The highest BCUT2D eigenvalue weighted by atomic mass is 79.9. The topological polar surface area (TPSA) is 85.0 Å². The second-order valence-electron chi connectivity index (χ2n) is 6.18. The van der Waals surface area contributed by atoms with E-state index in [1.165, 1.54) is 6.08 Å². The first-order valence-electron chi connectivity index (χ1n) is 8.02. The second kappa shape index (κ2) is 7.19. The van der Waals surface area contributed by atoms with Crippen molar-refractivity contribution in [3.8, 4) is 11.5 Å². The molecule has 3 rings (SSSR count). The number of hydrogen-bond acceptors (Lipinski definition) is 5. The molecule has 2 heterocycles. The zero-order valence-corrected chi connectivity index (χ0v) is 15.6. The van der Waals surface area contributed by atoms with Gasteiger partial charge in [0.25, 0.3) is 0 Å². The lowest BCUT2D eigenvalue weighted by atomic mass is 9.95. The van der Waals surface area contributed by atoms with E-state index in [0.717, 1.165) is 21.2 Å². The molecule has 1 unspecified atom stereocenters. The van der Waals surface area contributed by atoms with Crippen molar-refractivity contribution in [2.24, 2.45) is 5.73 Å². The molecule has 25 heavy (non-hydrogen) atoms. The summed E-state index contributed by atoms with van der Waals surface area (Å²) in [5.41, 5.74) is 8.36. The van der Waals surface area contributed by atoms with Crippen LogP contribution in [0.4, 0.5) is 0 Å². The molecule has 7 heteroatoms. The summed E-state index contributed by atoms with van der Waals surface area (Å²) in [5, 5.41) is 9.98. The Balaban J connectivity index is 2.07. The van der Waals surface area contributed by atoms with Crippen LogP contribution < -0.4 is 15.2 Å². The highest BCUT2D eigenvalue weighted by Crippen LogP contribution is 2.50. The van der Waals surface area contributed by atoms with Crippen LogP contribution in [0.15, 0.2) is 29.3 Å². The van der Waals surface area contributed by atoms with E-state index < -0.39 is 6.10 Å². The summed E-state index contributed by atoms with van der Waals surface area (Å²) in [6.07, 6.45) is 2.98. The molecule has 0 radical (unpaired) electrons. The fraction of sp³-hybridized carbons (Fsp3) is 0.389. The van der Waals surface area contributed by atoms with Crippen molar-refractivity contribution in [3.63, 3.8) is 0 Å². The van der Waals surface area contributed by atoms with Gasteiger partial charge in [0.05, 0.1) is 19.8 Å². The van der Waals surface area contributed by atoms with E-state index in [-0.39, 0.29) is 18.6 Å². The quantitative estimate of drug-likeness (QED) is 0.701. The van der Waals surface area contributed by atoms with Crippen molar-refractivity contribution in [1.82, 2.24) is 4.90 Å². The zero-order chi connectivity index (χ0) is 18.1. The van der Waals surface area contributed by atoms with Gasteiger partial charge in [-0.2, -0.15) is 0 Å². The highest BCUT2D eigenvalue weighted by molar-refractivity contribution is 9.10. The Bertz CT molecular complexity index is 747. The summed E-state index contributed by atoms with van der Waals surface area (Å²) in [6.45, 7) is 4.95. The van der Waals surface area contributed by atoms with Crippen LogP contribution in [-0.4, -0.2) is 48.3 Å². The number of hydrogen-bond donors (Lipinski definition) is 2. The number of carbonyl (C=O) groups is 1. The molecule has 1 aromatic carbocycles. The minimum atomic E-state index is -0.664. The lowest BCUT2D eigenvalue weighted by Crippen LogP contribution is -2.33. The number of benzene rings is 1. The maximum absolute atomic E-state index is 11.3. The lowest BCUT2D eigenvalue weighted by Gasteiger charge is -2.20. The average Bonchev–Trinajstić information content (AvgIpc) is 2.80. The van der Waals surface area contributed by atoms with Crippen molar-refractivity contribution < 1.29 is 19.4 Å². The van der Waals surface area contributed by atoms with Gasteiger partial charge in [-0.25, -0.2) is 0 Å². The predicted octanol–water partition coefficient (Wildman–Crippen LogP) is 1.84. The summed E-state index contributed by atoms with van der Waals surface area (Å²) in [7, 11) is 1.60. The van der Waals surface area contributed by atoms with Gasteiger partial charge in [0.15, 0.2) is 11.5 Å². The number of rotatable bonds is 6. The number of nitrogens with zero attached hydrogens (tertiary/aromatic N) is 1. The van der Waals surface area contributed by atoms with Gasteiger partial charge in [-0.15, -0.1) is 6.58 Å². The number of halogens is 1. The van der Waals surface area contributed by atoms with Crippen LogP contribution in [0.1, 0.15) is 17.5 Å². The minimum Gasteiger partial charge on any atom is -0.493 e. The molecular weight excluding hydrogens is 388 g/mol. The van der Waals surface area contributed by atoms with Crippen molar-refractivity contribution in [1.29, 1.82) is 0 Å². The summed E-state index contributed by atoms with van der Waals surface area (Å²) < 4.78 is 12.5. The van der Waals surface area contributed by atoms with E-state index in [2.05, 4.69) is 22.5 Å². The standard InChI is InChI=1S/C18H21BrN2O4/c1-3-10(22)6-14-11-4-5-21(9-16(20)23)8-12-13(19)7-15(24-2)18(25-14)17(11)12/h3-4,7,10,14,22H,1,5-6,8-9H2,2H3,(H2,20,23)/t10-,14?/m0/s1. The van der Waals surface area contributed by atoms with Crippen molar-refractivity contribution in [3.05, 3.63) is 40.4 Å². The Kier molecular flexibility index (Phi) is 5.17. The Hall–Kier alpha value is -1.83.